The molecule has 0 bridgehead atoms. The van der Waals surface area contributed by atoms with Crippen LogP contribution in [0.5, 0.6) is 5.75 Å². The zero-order valence-electron chi connectivity index (χ0n) is 13.5. The molecule has 1 aliphatic rings. The van der Waals surface area contributed by atoms with Crippen molar-refractivity contribution in [2.45, 2.75) is 25.8 Å². The fraction of sp³-hybridized carbons (Fsp3) is 0.333. The Morgan fingerprint density at radius 1 is 1.29 bits per heavy atom. The third kappa shape index (κ3) is 3.28. The lowest BCUT2D eigenvalue weighted by Gasteiger charge is -2.35. The van der Waals surface area contributed by atoms with E-state index in [0.717, 1.165) is 19.4 Å². The van der Waals surface area contributed by atoms with Crippen LogP contribution in [-0.2, 0) is 11.2 Å². The van der Waals surface area contributed by atoms with Crippen LogP contribution in [0.4, 0.5) is 0 Å². The quantitative estimate of drug-likeness (QED) is 0.906. The molecule has 0 saturated heterocycles. The van der Waals surface area contributed by atoms with Crippen molar-refractivity contribution in [3.63, 3.8) is 0 Å². The number of fused-ring (bicyclic) bond motifs is 1. The zero-order valence-corrected chi connectivity index (χ0v) is 14.3. The molecule has 5 nitrogen and oxygen atoms in total. The number of amides is 2. The van der Waals surface area contributed by atoms with Gasteiger partial charge in [0, 0.05) is 17.0 Å². The van der Waals surface area contributed by atoms with Crippen LogP contribution in [0.2, 0.25) is 0 Å². The van der Waals surface area contributed by atoms with E-state index in [-0.39, 0.29) is 18.6 Å². The summed E-state index contributed by atoms with van der Waals surface area (Å²) in [6.07, 6.45) is 1.81. The third-order valence-electron chi connectivity index (χ3n) is 4.22. The normalized spacial score (nSPS) is 16.5. The van der Waals surface area contributed by atoms with Crippen LogP contribution < -0.4 is 10.5 Å². The zero-order chi connectivity index (χ0) is 17.1. The van der Waals surface area contributed by atoms with Gasteiger partial charge in [-0.25, -0.2) is 0 Å². The summed E-state index contributed by atoms with van der Waals surface area (Å²) in [4.78, 5) is 27.0. The van der Waals surface area contributed by atoms with Crippen molar-refractivity contribution >= 4 is 23.2 Å². The number of nitrogens with zero attached hydrogens (tertiary/aromatic N) is 1. The van der Waals surface area contributed by atoms with Gasteiger partial charge in [-0.1, -0.05) is 6.92 Å². The summed E-state index contributed by atoms with van der Waals surface area (Å²) in [6, 6.07) is 9.12. The summed E-state index contributed by atoms with van der Waals surface area (Å²) in [6.45, 7) is 2.68. The summed E-state index contributed by atoms with van der Waals surface area (Å²) in [5.74, 6) is 0.0251. The molecule has 3 rings (SSSR count). The molecule has 2 N–H and O–H groups in total. The molecule has 2 heterocycles. The maximum Gasteiger partial charge on any atom is 0.255 e. The molecule has 0 fully saturated rings. The standard InChI is InChI=1S/C18H20N2O3S/c1-2-15-14-8-10-24-16(14)7-9-20(15)18(22)12-3-5-13(6-4-12)23-11-17(19)21/h3-6,8,10,15H,2,7,9,11H2,1H3,(H2,19,21). The fourth-order valence-corrected chi connectivity index (χ4v) is 4.02. The van der Waals surface area contributed by atoms with Crippen LogP contribution in [0.3, 0.4) is 0 Å². The molecular weight excluding hydrogens is 324 g/mol. The summed E-state index contributed by atoms with van der Waals surface area (Å²) in [7, 11) is 0. The van der Waals surface area contributed by atoms with E-state index < -0.39 is 5.91 Å². The SMILES string of the molecule is CCC1c2ccsc2CCN1C(=O)c1ccc(OCC(N)=O)cc1. The van der Waals surface area contributed by atoms with Gasteiger partial charge in [0.2, 0.25) is 0 Å². The van der Waals surface area contributed by atoms with Gasteiger partial charge >= 0.3 is 0 Å². The molecule has 1 aliphatic heterocycles. The number of hydrogen-bond acceptors (Lipinski definition) is 4. The number of carbonyl (C=O) groups is 2. The van der Waals surface area contributed by atoms with E-state index in [0.29, 0.717) is 11.3 Å². The number of ether oxygens (including phenoxy) is 1. The van der Waals surface area contributed by atoms with Crippen molar-refractivity contribution in [1.29, 1.82) is 0 Å². The van der Waals surface area contributed by atoms with Crippen molar-refractivity contribution in [3.05, 3.63) is 51.7 Å². The molecule has 1 aromatic carbocycles. The van der Waals surface area contributed by atoms with Gasteiger partial charge in [-0.15, -0.1) is 11.3 Å². The molecule has 1 unspecified atom stereocenters. The minimum atomic E-state index is -0.527. The maximum atomic E-state index is 12.9. The second-order valence-corrected chi connectivity index (χ2v) is 6.75. The molecular formula is C18H20N2O3S. The first kappa shape index (κ1) is 16.5. The molecule has 0 spiro atoms. The van der Waals surface area contributed by atoms with Gasteiger partial charge in [0.1, 0.15) is 5.75 Å². The number of benzene rings is 1. The average Bonchev–Trinajstić information content (AvgIpc) is 3.07. The van der Waals surface area contributed by atoms with Crippen LogP contribution in [0, 0.1) is 0 Å². The largest absolute Gasteiger partial charge is 0.484 e. The molecule has 2 amide bonds. The van der Waals surface area contributed by atoms with Crippen LogP contribution in [-0.4, -0.2) is 29.9 Å². The second-order valence-electron chi connectivity index (χ2n) is 5.75. The maximum absolute atomic E-state index is 12.9. The fourth-order valence-electron chi connectivity index (χ4n) is 3.09. The minimum Gasteiger partial charge on any atom is -0.484 e. The van der Waals surface area contributed by atoms with Gasteiger partial charge in [-0.3, -0.25) is 9.59 Å². The molecule has 0 aliphatic carbocycles. The number of thiophene rings is 1. The lowest BCUT2D eigenvalue weighted by Crippen LogP contribution is -2.39. The van der Waals surface area contributed by atoms with Gasteiger partial charge in [0.25, 0.3) is 11.8 Å². The van der Waals surface area contributed by atoms with Crippen molar-refractivity contribution in [1.82, 2.24) is 4.90 Å². The van der Waals surface area contributed by atoms with E-state index in [1.165, 1.54) is 10.4 Å². The number of carbonyl (C=O) groups excluding carboxylic acids is 2. The summed E-state index contributed by atoms with van der Waals surface area (Å²) < 4.78 is 5.23. The van der Waals surface area contributed by atoms with E-state index in [9.17, 15) is 9.59 Å². The summed E-state index contributed by atoms with van der Waals surface area (Å²) >= 11 is 1.77. The Bertz CT molecular complexity index is 739. The van der Waals surface area contributed by atoms with E-state index in [1.807, 2.05) is 4.90 Å². The highest BCUT2D eigenvalue weighted by Gasteiger charge is 2.30. The Kier molecular flexibility index (Phi) is 4.85. The number of nitrogens with two attached hydrogens (primary N) is 1. The van der Waals surface area contributed by atoms with Crippen LogP contribution >= 0.6 is 11.3 Å². The number of hydrogen-bond donors (Lipinski definition) is 1. The van der Waals surface area contributed by atoms with E-state index in [2.05, 4.69) is 18.4 Å². The minimum absolute atomic E-state index is 0.0279. The highest BCUT2D eigenvalue weighted by Crippen LogP contribution is 2.36. The van der Waals surface area contributed by atoms with Crippen molar-refractivity contribution in [2.75, 3.05) is 13.2 Å². The average molecular weight is 344 g/mol. The van der Waals surface area contributed by atoms with E-state index in [1.54, 1.807) is 35.6 Å². The van der Waals surface area contributed by atoms with Gasteiger partial charge < -0.3 is 15.4 Å². The van der Waals surface area contributed by atoms with Gasteiger partial charge in [-0.05, 0) is 54.1 Å². The Morgan fingerprint density at radius 3 is 2.71 bits per heavy atom. The smallest absolute Gasteiger partial charge is 0.255 e. The number of primary amides is 1. The molecule has 0 radical (unpaired) electrons. The molecule has 126 valence electrons. The molecule has 1 atom stereocenters. The first-order chi connectivity index (χ1) is 11.6. The molecule has 6 heteroatoms. The molecule has 1 aromatic heterocycles. The summed E-state index contributed by atoms with van der Waals surface area (Å²) in [5, 5.41) is 2.10. The van der Waals surface area contributed by atoms with Gasteiger partial charge in [-0.2, -0.15) is 0 Å². The van der Waals surface area contributed by atoms with Crippen molar-refractivity contribution in [3.8, 4) is 5.75 Å². The molecule has 24 heavy (non-hydrogen) atoms. The second kappa shape index (κ2) is 7.05. The lowest BCUT2D eigenvalue weighted by atomic mass is 9.97. The Labute approximate surface area is 145 Å². The van der Waals surface area contributed by atoms with Gasteiger partial charge in [0.05, 0.1) is 6.04 Å². The summed E-state index contributed by atoms with van der Waals surface area (Å²) in [5.41, 5.74) is 6.96. The van der Waals surface area contributed by atoms with Crippen LogP contribution in [0.15, 0.2) is 35.7 Å². The number of rotatable bonds is 5. The molecule has 0 saturated carbocycles. The third-order valence-corrected chi connectivity index (χ3v) is 5.22. The Balaban J connectivity index is 1.75. The monoisotopic (exact) mass is 344 g/mol. The van der Waals surface area contributed by atoms with E-state index >= 15 is 0 Å². The van der Waals surface area contributed by atoms with Gasteiger partial charge in [0.15, 0.2) is 6.61 Å². The Morgan fingerprint density at radius 2 is 2.04 bits per heavy atom. The van der Waals surface area contributed by atoms with Crippen molar-refractivity contribution < 1.29 is 14.3 Å². The highest BCUT2D eigenvalue weighted by molar-refractivity contribution is 7.10. The first-order valence-corrected chi connectivity index (χ1v) is 8.86. The topological polar surface area (TPSA) is 72.6 Å². The predicted molar refractivity (Wildman–Crippen MR) is 93.2 cm³/mol. The predicted octanol–water partition coefficient (Wildman–Crippen LogP) is 2.76. The Hall–Kier alpha value is -2.34. The first-order valence-electron chi connectivity index (χ1n) is 7.98. The molecule has 2 aromatic rings. The lowest BCUT2D eigenvalue weighted by molar-refractivity contribution is -0.119. The van der Waals surface area contributed by atoms with Crippen molar-refractivity contribution in [2.24, 2.45) is 5.73 Å². The van der Waals surface area contributed by atoms with E-state index in [4.69, 9.17) is 10.5 Å². The van der Waals surface area contributed by atoms with Crippen LogP contribution in [0.25, 0.3) is 0 Å². The highest BCUT2D eigenvalue weighted by atomic mass is 32.1. The van der Waals surface area contributed by atoms with Crippen LogP contribution in [0.1, 0.15) is 40.2 Å².